The number of allylic oxidation sites excluding steroid dienone is 3. The van der Waals surface area contributed by atoms with Crippen LogP contribution in [0.3, 0.4) is 0 Å². The molecule has 0 N–H and O–H groups in total. The summed E-state index contributed by atoms with van der Waals surface area (Å²) in [6.07, 6.45) is 8.89. The molecule has 0 aromatic rings. The van der Waals surface area contributed by atoms with Gasteiger partial charge in [-0.25, -0.2) is 0 Å². The van der Waals surface area contributed by atoms with Gasteiger partial charge in [0.25, 0.3) is 0 Å². The Bertz CT molecular complexity index is 131. The fourth-order valence-electron chi connectivity index (χ4n) is 1.15. The van der Waals surface area contributed by atoms with Crippen LogP contribution in [0.25, 0.3) is 0 Å². The van der Waals surface area contributed by atoms with Crippen molar-refractivity contribution in [1.29, 1.82) is 0 Å². The highest BCUT2D eigenvalue weighted by Crippen LogP contribution is 2.23. The maximum absolute atomic E-state index is 3.93. The van der Waals surface area contributed by atoms with Gasteiger partial charge in [-0.3, -0.25) is 0 Å². The van der Waals surface area contributed by atoms with Gasteiger partial charge in [-0.1, -0.05) is 18.2 Å². The molecule has 0 bridgehead atoms. The van der Waals surface area contributed by atoms with E-state index in [0.29, 0.717) is 0 Å². The summed E-state index contributed by atoms with van der Waals surface area (Å²) in [5, 5.41) is 0. The van der Waals surface area contributed by atoms with Crippen molar-refractivity contribution in [2.24, 2.45) is 5.92 Å². The summed E-state index contributed by atoms with van der Waals surface area (Å²) < 4.78 is 0. The molecule has 0 saturated carbocycles. The molecule has 0 saturated heterocycles. The molecule has 1 aliphatic carbocycles. The van der Waals surface area contributed by atoms with E-state index in [1.54, 1.807) is 0 Å². The smallest absolute Gasteiger partial charge is 0.0171 e. The first-order valence-corrected chi connectivity index (χ1v) is 3.51. The summed E-state index contributed by atoms with van der Waals surface area (Å²) in [5.74, 6) is 0.742. The summed E-state index contributed by atoms with van der Waals surface area (Å²) in [6, 6.07) is 0. The van der Waals surface area contributed by atoms with Gasteiger partial charge in [0, 0.05) is 0 Å². The zero-order valence-electron chi connectivity index (χ0n) is 5.98. The largest absolute Gasteiger partial charge is 0.0998 e. The quantitative estimate of drug-likeness (QED) is 0.468. The van der Waals surface area contributed by atoms with Crippen molar-refractivity contribution < 1.29 is 0 Å². The van der Waals surface area contributed by atoms with E-state index in [0.717, 1.165) is 18.8 Å². The van der Waals surface area contributed by atoms with Gasteiger partial charge in [-0.15, -0.1) is 0 Å². The van der Waals surface area contributed by atoms with E-state index in [1.165, 1.54) is 12.0 Å². The molecular formula is C9H13. The van der Waals surface area contributed by atoms with Crippen molar-refractivity contribution in [2.45, 2.75) is 26.2 Å². The van der Waals surface area contributed by atoms with Crippen LogP contribution in [0.1, 0.15) is 26.2 Å². The number of hydrogen-bond donors (Lipinski definition) is 0. The minimum absolute atomic E-state index is 0.742. The van der Waals surface area contributed by atoms with Gasteiger partial charge in [0.05, 0.1) is 0 Å². The molecule has 0 aromatic carbocycles. The van der Waals surface area contributed by atoms with Crippen LogP contribution in [0.4, 0.5) is 0 Å². The van der Waals surface area contributed by atoms with Crippen molar-refractivity contribution in [2.75, 3.05) is 0 Å². The maximum atomic E-state index is 3.93. The van der Waals surface area contributed by atoms with E-state index in [9.17, 15) is 0 Å². The Kier molecular flexibility index (Phi) is 2.10. The highest BCUT2D eigenvalue weighted by atomic mass is 14.1. The molecule has 0 spiro atoms. The number of rotatable bonds is 1. The molecule has 49 valence electrons. The Morgan fingerprint density at radius 2 is 2.56 bits per heavy atom. The highest BCUT2D eigenvalue weighted by molar-refractivity contribution is 5.01. The minimum atomic E-state index is 0.742. The molecular weight excluding hydrogens is 108 g/mol. The first-order valence-electron chi connectivity index (χ1n) is 3.51. The maximum Gasteiger partial charge on any atom is -0.0171 e. The van der Waals surface area contributed by atoms with Crippen LogP contribution in [0.2, 0.25) is 0 Å². The Balaban J connectivity index is 2.44. The zero-order valence-corrected chi connectivity index (χ0v) is 5.98. The van der Waals surface area contributed by atoms with Crippen molar-refractivity contribution in [3.8, 4) is 0 Å². The molecule has 0 fully saturated rings. The molecule has 9 heavy (non-hydrogen) atoms. The van der Waals surface area contributed by atoms with Crippen molar-refractivity contribution in [3.05, 3.63) is 24.3 Å². The van der Waals surface area contributed by atoms with Crippen LogP contribution >= 0.6 is 0 Å². The van der Waals surface area contributed by atoms with Gasteiger partial charge >= 0.3 is 0 Å². The third-order valence-corrected chi connectivity index (χ3v) is 1.88. The van der Waals surface area contributed by atoms with Gasteiger partial charge in [-0.05, 0) is 38.2 Å². The predicted molar refractivity (Wildman–Crippen MR) is 40.0 cm³/mol. The summed E-state index contributed by atoms with van der Waals surface area (Å²) in [7, 11) is 0. The molecule has 0 heterocycles. The molecule has 0 heteroatoms. The van der Waals surface area contributed by atoms with Gasteiger partial charge in [0.15, 0.2) is 0 Å². The van der Waals surface area contributed by atoms with Gasteiger partial charge in [-0.2, -0.15) is 0 Å². The minimum Gasteiger partial charge on any atom is -0.0998 e. The molecule has 1 atom stereocenters. The monoisotopic (exact) mass is 121 g/mol. The second kappa shape index (κ2) is 2.86. The molecule has 0 nitrogen and oxygen atoms in total. The summed E-state index contributed by atoms with van der Waals surface area (Å²) in [5.41, 5.74) is 1.33. The second-order valence-electron chi connectivity index (χ2n) is 2.73. The van der Waals surface area contributed by atoms with E-state index in [4.69, 9.17) is 0 Å². The molecule has 0 unspecified atom stereocenters. The van der Waals surface area contributed by atoms with Crippen molar-refractivity contribution in [1.82, 2.24) is 0 Å². The van der Waals surface area contributed by atoms with Crippen LogP contribution in [0.15, 0.2) is 18.2 Å². The third kappa shape index (κ3) is 1.70. The average molecular weight is 121 g/mol. The molecule has 0 aromatic heterocycles. The molecule has 1 aliphatic rings. The van der Waals surface area contributed by atoms with E-state index in [-0.39, 0.29) is 0 Å². The summed E-state index contributed by atoms with van der Waals surface area (Å²) >= 11 is 0. The van der Waals surface area contributed by atoms with Crippen molar-refractivity contribution in [3.63, 3.8) is 0 Å². The summed E-state index contributed by atoms with van der Waals surface area (Å²) in [6.45, 7) is 6.05. The lowest BCUT2D eigenvalue weighted by molar-refractivity contribution is 0.548. The Morgan fingerprint density at radius 1 is 1.78 bits per heavy atom. The second-order valence-corrected chi connectivity index (χ2v) is 2.73. The normalized spacial score (nSPS) is 26.1. The average Bonchev–Trinajstić information content (AvgIpc) is 1.90. The van der Waals surface area contributed by atoms with E-state index in [2.05, 4.69) is 25.7 Å². The van der Waals surface area contributed by atoms with E-state index < -0.39 is 0 Å². The first-order chi connectivity index (χ1) is 4.30. The third-order valence-electron chi connectivity index (χ3n) is 1.88. The van der Waals surface area contributed by atoms with Gasteiger partial charge < -0.3 is 0 Å². The van der Waals surface area contributed by atoms with Crippen LogP contribution in [0.5, 0.6) is 0 Å². The van der Waals surface area contributed by atoms with Crippen LogP contribution in [-0.4, -0.2) is 0 Å². The molecule has 0 amide bonds. The lowest BCUT2D eigenvalue weighted by Gasteiger charge is -2.16. The van der Waals surface area contributed by atoms with E-state index >= 15 is 0 Å². The molecule has 1 rings (SSSR count). The topological polar surface area (TPSA) is 0 Å². The van der Waals surface area contributed by atoms with Crippen LogP contribution in [-0.2, 0) is 0 Å². The predicted octanol–water partition coefficient (Wildman–Crippen LogP) is 2.72. The lowest BCUT2D eigenvalue weighted by atomic mass is 9.89. The lowest BCUT2D eigenvalue weighted by Crippen LogP contribution is -2.02. The van der Waals surface area contributed by atoms with Crippen LogP contribution < -0.4 is 0 Å². The van der Waals surface area contributed by atoms with E-state index in [1.807, 2.05) is 0 Å². The zero-order chi connectivity index (χ0) is 6.69. The first kappa shape index (κ1) is 6.60. The summed E-state index contributed by atoms with van der Waals surface area (Å²) in [4.78, 5) is 0. The highest BCUT2D eigenvalue weighted by Gasteiger charge is 2.08. The number of hydrogen-bond acceptors (Lipinski definition) is 0. The molecule has 1 radical (unpaired) electrons. The van der Waals surface area contributed by atoms with Gasteiger partial charge in [0.2, 0.25) is 0 Å². The fourth-order valence-corrected chi connectivity index (χ4v) is 1.15. The Hall–Kier alpha value is -0.520. The standard InChI is InChI=1S/C9H13/c1-8(2)9-6-4-3-5-7-9/h4,9H,1,5-7H2,2H3/t9-/m1/s1. The fraction of sp³-hybridized carbons (Fsp3) is 0.556. The van der Waals surface area contributed by atoms with Gasteiger partial charge in [0.1, 0.15) is 0 Å². The Morgan fingerprint density at radius 3 is 2.89 bits per heavy atom. The Labute approximate surface area is 57.3 Å². The van der Waals surface area contributed by atoms with Crippen LogP contribution in [0, 0.1) is 12.0 Å². The SMILES string of the molecule is C=C(C)[C@@H]1CC=[C]CC1. The molecule has 0 aliphatic heterocycles. The van der Waals surface area contributed by atoms with Crippen molar-refractivity contribution >= 4 is 0 Å².